The van der Waals surface area contributed by atoms with Crippen molar-refractivity contribution in [3.8, 4) is 0 Å². The van der Waals surface area contributed by atoms with E-state index in [4.69, 9.17) is 11.5 Å². The van der Waals surface area contributed by atoms with E-state index in [1.54, 1.807) is 0 Å². The number of anilines is 2. The number of thiazole rings is 1. The van der Waals surface area contributed by atoms with Crippen LogP contribution >= 0.6 is 11.3 Å². The first-order valence-corrected chi connectivity index (χ1v) is 7.83. The highest BCUT2D eigenvalue weighted by Gasteiger charge is 2.37. The zero-order chi connectivity index (χ0) is 14.3. The van der Waals surface area contributed by atoms with E-state index in [0.717, 1.165) is 24.6 Å². The second-order valence-corrected chi connectivity index (χ2v) is 7.18. The Balaban J connectivity index is 1.67. The van der Waals surface area contributed by atoms with E-state index in [9.17, 15) is 4.79 Å². The van der Waals surface area contributed by atoms with Gasteiger partial charge in [0.25, 0.3) is 5.91 Å². The Morgan fingerprint density at radius 2 is 2.35 bits per heavy atom. The molecule has 0 radical (unpaired) electrons. The fraction of sp³-hybridized carbons (Fsp3) is 0.692. The Morgan fingerprint density at radius 1 is 1.60 bits per heavy atom. The van der Waals surface area contributed by atoms with Gasteiger partial charge in [0.05, 0.1) is 0 Å². The zero-order valence-electron chi connectivity index (χ0n) is 11.7. The molecule has 0 bridgehead atoms. The molecule has 1 atom stereocenters. The van der Waals surface area contributed by atoms with E-state index in [1.807, 2.05) is 0 Å². The number of carbonyl (C=O) groups is 1. The molecule has 2 heterocycles. The van der Waals surface area contributed by atoms with Gasteiger partial charge in [0.1, 0.15) is 10.7 Å². The van der Waals surface area contributed by atoms with E-state index >= 15 is 0 Å². The van der Waals surface area contributed by atoms with Gasteiger partial charge in [-0.15, -0.1) is 0 Å². The molecule has 1 aromatic heterocycles. The van der Waals surface area contributed by atoms with Crippen molar-refractivity contribution in [2.75, 3.05) is 30.3 Å². The normalized spacial score (nSPS) is 23.9. The lowest BCUT2D eigenvalue weighted by Crippen LogP contribution is -2.28. The van der Waals surface area contributed by atoms with Crippen molar-refractivity contribution < 1.29 is 4.79 Å². The number of hydrogen-bond acceptors (Lipinski definition) is 6. The number of nitrogens with two attached hydrogens (primary N) is 2. The van der Waals surface area contributed by atoms with E-state index in [2.05, 4.69) is 22.1 Å². The fourth-order valence-corrected chi connectivity index (χ4v) is 3.28. The molecular weight excluding hydrogens is 274 g/mol. The second kappa shape index (κ2) is 4.89. The van der Waals surface area contributed by atoms with Crippen LogP contribution in [0, 0.1) is 5.41 Å². The molecule has 110 valence electrons. The molecule has 1 aromatic rings. The Kier molecular flexibility index (Phi) is 3.33. The van der Waals surface area contributed by atoms with Gasteiger partial charge in [-0.25, -0.2) is 4.98 Å². The van der Waals surface area contributed by atoms with Gasteiger partial charge >= 0.3 is 0 Å². The van der Waals surface area contributed by atoms with Gasteiger partial charge in [0.2, 0.25) is 0 Å². The van der Waals surface area contributed by atoms with Crippen molar-refractivity contribution in [1.82, 2.24) is 10.3 Å². The van der Waals surface area contributed by atoms with Crippen LogP contribution in [0.4, 0.5) is 10.9 Å². The molecule has 2 aliphatic rings. The molecule has 1 amide bonds. The average Bonchev–Trinajstić information content (AvgIpc) is 2.82. The van der Waals surface area contributed by atoms with Crippen molar-refractivity contribution in [3.05, 3.63) is 4.88 Å². The minimum Gasteiger partial charge on any atom is -0.382 e. The molecule has 0 aromatic carbocycles. The van der Waals surface area contributed by atoms with Crippen molar-refractivity contribution in [3.63, 3.8) is 0 Å². The number of hydrogen-bond donors (Lipinski definition) is 3. The molecule has 20 heavy (non-hydrogen) atoms. The molecule has 7 heteroatoms. The van der Waals surface area contributed by atoms with Gasteiger partial charge in [-0.05, 0) is 24.7 Å². The van der Waals surface area contributed by atoms with E-state index in [-0.39, 0.29) is 11.9 Å². The van der Waals surface area contributed by atoms with Gasteiger partial charge in [-0.1, -0.05) is 18.3 Å². The van der Waals surface area contributed by atoms with Gasteiger partial charge in [0.15, 0.2) is 5.13 Å². The summed E-state index contributed by atoms with van der Waals surface area (Å²) in [5.41, 5.74) is 12.1. The maximum atomic E-state index is 12.2. The molecule has 2 fully saturated rings. The lowest BCUT2D eigenvalue weighted by molar-refractivity contribution is 0.0951. The quantitative estimate of drug-likeness (QED) is 0.763. The Labute approximate surface area is 122 Å². The lowest BCUT2D eigenvalue weighted by atomic mass is 10.1. The maximum absolute atomic E-state index is 12.2. The first kappa shape index (κ1) is 13.6. The lowest BCUT2D eigenvalue weighted by Gasteiger charge is -2.13. The molecule has 0 spiro atoms. The monoisotopic (exact) mass is 295 g/mol. The highest BCUT2D eigenvalue weighted by Crippen LogP contribution is 2.44. The van der Waals surface area contributed by atoms with Crippen molar-refractivity contribution in [1.29, 1.82) is 0 Å². The van der Waals surface area contributed by atoms with E-state index in [1.165, 1.54) is 24.2 Å². The van der Waals surface area contributed by atoms with Crippen LogP contribution in [-0.2, 0) is 0 Å². The number of rotatable bonds is 4. The van der Waals surface area contributed by atoms with E-state index in [0.29, 0.717) is 22.7 Å². The molecule has 1 saturated heterocycles. The predicted octanol–water partition coefficient (Wildman–Crippen LogP) is 0.793. The summed E-state index contributed by atoms with van der Waals surface area (Å²) < 4.78 is 0. The highest BCUT2D eigenvalue weighted by atomic mass is 32.1. The predicted molar refractivity (Wildman–Crippen MR) is 81.0 cm³/mol. The van der Waals surface area contributed by atoms with Crippen molar-refractivity contribution >= 4 is 28.2 Å². The van der Waals surface area contributed by atoms with Gasteiger partial charge in [-0.2, -0.15) is 0 Å². The second-order valence-electron chi connectivity index (χ2n) is 6.20. The smallest absolute Gasteiger partial charge is 0.265 e. The van der Waals surface area contributed by atoms with Crippen LogP contribution < -0.4 is 21.7 Å². The summed E-state index contributed by atoms with van der Waals surface area (Å²) in [6.07, 6.45) is 3.32. The van der Waals surface area contributed by atoms with Crippen LogP contribution in [0.25, 0.3) is 0 Å². The first-order valence-electron chi connectivity index (χ1n) is 7.02. The third kappa shape index (κ3) is 2.73. The number of aromatic nitrogens is 1. The third-order valence-electron chi connectivity index (χ3n) is 4.12. The Hall–Kier alpha value is -1.34. The van der Waals surface area contributed by atoms with Crippen LogP contribution in [-0.4, -0.2) is 36.6 Å². The standard InChI is InChI=1S/C13H21N5OS/c1-13(3-4-13)7-16-11(19)9-10(15)17-12(20-9)18-5-2-8(14)6-18/h8H,2-7,14-15H2,1H3,(H,16,19). The highest BCUT2D eigenvalue weighted by molar-refractivity contribution is 7.18. The number of amides is 1. The molecule has 1 aliphatic heterocycles. The molecular formula is C13H21N5OS. The molecule has 1 saturated carbocycles. The molecule has 6 nitrogen and oxygen atoms in total. The fourth-order valence-electron chi connectivity index (χ4n) is 2.34. The summed E-state index contributed by atoms with van der Waals surface area (Å²) in [5.74, 6) is 0.215. The summed E-state index contributed by atoms with van der Waals surface area (Å²) in [6, 6.07) is 0.187. The minimum absolute atomic E-state index is 0.108. The summed E-state index contributed by atoms with van der Waals surface area (Å²) in [6.45, 7) is 4.56. The third-order valence-corrected chi connectivity index (χ3v) is 5.25. The summed E-state index contributed by atoms with van der Waals surface area (Å²) in [7, 11) is 0. The largest absolute Gasteiger partial charge is 0.382 e. The Bertz CT molecular complexity index is 525. The maximum Gasteiger partial charge on any atom is 0.265 e. The number of carbonyl (C=O) groups excluding carboxylic acids is 1. The van der Waals surface area contributed by atoms with Crippen molar-refractivity contribution in [2.24, 2.45) is 11.1 Å². The van der Waals surface area contributed by atoms with Crippen LogP contribution in [0.2, 0.25) is 0 Å². The number of nitrogens with zero attached hydrogens (tertiary/aromatic N) is 2. The van der Waals surface area contributed by atoms with Crippen LogP contribution in [0.1, 0.15) is 35.9 Å². The van der Waals surface area contributed by atoms with E-state index < -0.39 is 0 Å². The summed E-state index contributed by atoms with van der Waals surface area (Å²) in [4.78, 5) is 19.1. The Morgan fingerprint density at radius 3 is 2.95 bits per heavy atom. The SMILES string of the molecule is CC1(CNC(=O)c2sc(N3CCC(N)C3)nc2N)CC1. The summed E-state index contributed by atoms with van der Waals surface area (Å²) in [5, 5.41) is 3.77. The molecule has 3 rings (SSSR count). The topological polar surface area (TPSA) is 97.3 Å². The number of nitrogens with one attached hydrogen (secondary N) is 1. The van der Waals surface area contributed by atoms with Crippen molar-refractivity contribution in [2.45, 2.75) is 32.2 Å². The average molecular weight is 295 g/mol. The minimum atomic E-state index is -0.108. The first-order chi connectivity index (χ1) is 9.47. The van der Waals surface area contributed by atoms with Gasteiger partial charge in [-0.3, -0.25) is 4.79 Å². The van der Waals surface area contributed by atoms with Crippen LogP contribution in [0.5, 0.6) is 0 Å². The van der Waals surface area contributed by atoms with Gasteiger partial charge in [0, 0.05) is 25.7 Å². The molecule has 1 aliphatic carbocycles. The van der Waals surface area contributed by atoms with Gasteiger partial charge < -0.3 is 21.7 Å². The zero-order valence-corrected chi connectivity index (χ0v) is 12.5. The summed E-state index contributed by atoms with van der Waals surface area (Å²) >= 11 is 1.36. The van der Waals surface area contributed by atoms with Crippen LogP contribution in [0.3, 0.4) is 0 Å². The van der Waals surface area contributed by atoms with Crippen LogP contribution in [0.15, 0.2) is 0 Å². The molecule has 1 unspecified atom stereocenters. The molecule has 5 N–H and O–H groups in total. The number of nitrogen functional groups attached to an aromatic ring is 1.